The van der Waals surface area contributed by atoms with Crippen molar-refractivity contribution in [2.75, 3.05) is 41.4 Å². The van der Waals surface area contributed by atoms with Crippen LogP contribution in [0, 0.1) is 0 Å². The zero-order valence-electron chi connectivity index (χ0n) is 17.5. The van der Waals surface area contributed by atoms with Gasteiger partial charge in [-0.05, 0) is 49.9 Å². The Kier molecular flexibility index (Phi) is 6.14. The molecule has 2 aromatic heterocycles. The second kappa shape index (κ2) is 9.34. The van der Waals surface area contributed by atoms with E-state index in [1.54, 1.807) is 12.3 Å². The van der Waals surface area contributed by atoms with E-state index in [0.29, 0.717) is 39.4 Å². The third-order valence-corrected chi connectivity index (χ3v) is 6.41. The van der Waals surface area contributed by atoms with Crippen LogP contribution in [0.5, 0.6) is 0 Å². The fraction of sp³-hybridized carbons (Fsp3) is 0.364. The molecule has 0 radical (unpaired) electrons. The van der Waals surface area contributed by atoms with Gasteiger partial charge < -0.3 is 14.2 Å². The minimum absolute atomic E-state index is 0.421. The van der Waals surface area contributed by atoms with Gasteiger partial charge >= 0.3 is 0 Å². The van der Waals surface area contributed by atoms with Crippen LogP contribution in [0.4, 0.5) is 17.8 Å². The molecule has 0 amide bonds. The number of hydrazone groups is 1. The van der Waals surface area contributed by atoms with Crippen molar-refractivity contribution < 1.29 is 4.42 Å². The van der Waals surface area contributed by atoms with Gasteiger partial charge in [0.1, 0.15) is 11.5 Å². The molecule has 2 saturated heterocycles. The summed E-state index contributed by atoms with van der Waals surface area (Å²) in [6, 6.07) is 9.08. The Bertz CT molecular complexity index is 1090. The highest BCUT2D eigenvalue weighted by atomic mass is 35.5. The van der Waals surface area contributed by atoms with Gasteiger partial charge in [0, 0.05) is 31.7 Å². The van der Waals surface area contributed by atoms with Crippen LogP contribution >= 0.6 is 23.2 Å². The molecule has 1 aromatic carbocycles. The highest BCUT2D eigenvalue weighted by Gasteiger charge is 2.21. The minimum atomic E-state index is 0.421. The van der Waals surface area contributed by atoms with Gasteiger partial charge in [-0.1, -0.05) is 29.3 Å². The number of hydrogen-bond donors (Lipinski definition) is 1. The second-order valence-corrected chi connectivity index (χ2v) is 8.61. The second-order valence-electron chi connectivity index (χ2n) is 7.82. The summed E-state index contributed by atoms with van der Waals surface area (Å²) in [6.07, 6.45) is 6.20. The normalized spacial score (nSPS) is 16.4. The molecule has 4 heterocycles. The van der Waals surface area contributed by atoms with Gasteiger partial charge in [0.25, 0.3) is 0 Å². The fourth-order valence-corrected chi connectivity index (χ4v) is 4.33. The van der Waals surface area contributed by atoms with E-state index in [4.69, 9.17) is 32.6 Å². The average molecular weight is 472 g/mol. The van der Waals surface area contributed by atoms with Gasteiger partial charge in [0.15, 0.2) is 0 Å². The summed E-state index contributed by atoms with van der Waals surface area (Å²) >= 11 is 12.4. The topological polar surface area (TPSA) is 82.7 Å². The molecular weight excluding hydrogens is 449 g/mol. The standard InChI is InChI=1S/C22H23Cl2N7O/c23-17-7-5-6-16(19(17)24)18-9-8-15(32-18)14-25-29-20-26-21(30-10-1-2-11-30)28-22(27-20)31-12-3-4-13-31/h5-9,14H,1-4,10-13H2,(H,26,27,28,29). The van der Waals surface area contributed by atoms with Gasteiger partial charge in [-0.2, -0.15) is 20.1 Å². The van der Waals surface area contributed by atoms with Crippen LogP contribution in [0.15, 0.2) is 39.9 Å². The lowest BCUT2D eigenvalue weighted by atomic mass is 10.2. The van der Waals surface area contributed by atoms with Crippen molar-refractivity contribution >= 4 is 47.3 Å². The van der Waals surface area contributed by atoms with Crippen molar-refractivity contribution in [3.8, 4) is 11.3 Å². The Morgan fingerprint density at radius 3 is 2.19 bits per heavy atom. The smallest absolute Gasteiger partial charge is 0.250 e. The van der Waals surface area contributed by atoms with Crippen molar-refractivity contribution in [1.29, 1.82) is 0 Å². The molecule has 166 valence electrons. The number of nitrogens with zero attached hydrogens (tertiary/aromatic N) is 6. The molecule has 2 aliphatic heterocycles. The first-order chi connectivity index (χ1) is 15.7. The molecule has 2 fully saturated rings. The lowest BCUT2D eigenvalue weighted by Gasteiger charge is -2.20. The van der Waals surface area contributed by atoms with Crippen molar-refractivity contribution in [2.45, 2.75) is 25.7 Å². The highest BCUT2D eigenvalue weighted by molar-refractivity contribution is 6.43. The van der Waals surface area contributed by atoms with Gasteiger partial charge in [-0.3, -0.25) is 0 Å². The van der Waals surface area contributed by atoms with Crippen LogP contribution in [0.3, 0.4) is 0 Å². The number of rotatable bonds is 6. The third kappa shape index (κ3) is 4.52. The molecule has 0 aliphatic carbocycles. The molecule has 0 spiro atoms. The van der Waals surface area contributed by atoms with Crippen LogP contribution in [0.2, 0.25) is 10.0 Å². The molecule has 0 unspecified atom stereocenters. The van der Waals surface area contributed by atoms with Crippen molar-refractivity contribution in [3.05, 3.63) is 46.1 Å². The first-order valence-electron chi connectivity index (χ1n) is 10.8. The lowest BCUT2D eigenvalue weighted by Crippen LogP contribution is -2.25. The van der Waals surface area contributed by atoms with Gasteiger partial charge in [-0.15, -0.1) is 0 Å². The van der Waals surface area contributed by atoms with Crippen molar-refractivity contribution in [1.82, 2.24) is 15.0 Å². The molecule has 10 heteroatoms. The van der Waals surface area contributed by atoms with E-state index in [1.807, 2.05) is 24.3 Å². The van der Waals surface area contributed by atoms with Crippen LogP contribution in [-0.4, -0.2) is 47.3 Å². The highest BCUT2D eigenvalue weighted by Crippen LogP contribution is 2.34. The maximum absolute atomic E-state index is 6.29. The summed E-state index contributed by atoms with van der Waals surface area (Å²) in [5, 5.41) is 5.22. The predicted octanol–water partition coefficient (Wildman–Crippen LogP) is 5.08. The number of benzene rings is 1. The summed E-state index contributed by atoms with van der Waals surface area (Å²) in [4.78, 5) is 18.3. The molecular formula is C22H23Cl2N7O. The van der Waals surface area contributed by atoms with Crippen LogP contribution in [-0.2, 0) is 0 Å². The van der Waals surface area contributed by atoms with E-state index in [0.717, 1.165) is 57.4 Å². The van der Waals surface area contributed by atoms with E-state index in [-0.39, 0.29) is 0 Å². The first-order valence-corrected chi connectivity index (χ1v) is 11.5. The van der Waals surface area contributed by atoms with E-state index in [1.165, 1.54) is 0 Å². The Balaban J connectivity index is 1.34. The van der Waals surface area contributed by atoms with Gasteiger partial charge in [-0.25, -0.2) is 5.43 Å². The summed E-state index contributed by atoms with van der Waals surface area (Å²) in [5.41, 5.74) is 3.67. The molecule has 32 heavy (non-hydrogen) atoms. The monoisotopic (exact) mass is 471 g/mol. The van der Waals surface area contributed by atoms with Crippen LogP contribution < -0.4 is 15.2 Å². The zero-order chi connectivity index (χ0) is 21.9. The predicted molar refractivity (Wildman–Crippen MR) is 128 cm³/mol. The first kappa shape index (κ1) is 21.0. The lowest BCUT2D eigenvalue weighted by molar-refractivity contribution is 0.575. The van der Waals surface area contributed by atoms with Crippen molar-refractivity contribution in [2.24, 2.45) is 5.10 Å². The number of halogens is 2. The number of nitrogens with one attached hydrogen (secondary N) is 1. The molecule has 0 atom stereocenters. The van der Waals surface area contributed by atoms with Crippen LogP contribution in [0.25, 0.3) is 11.3 Å². The van der Waals surface area contributed by atoms with Gasteiger partial charge in [0.05, 0.1) is 16.3 Å². The van der Waals surface area contributed by atoms with Gasteiger partial charge in [0.2, 0.25) is 17.8 Å². The summed E-state index contributed by atoms with van der Waals surface area (Å²) in [7, 11) is 0. The maximum atomic E-state index is 6.29. The maximum Gasteiger partial charge on any atom is 0.250 e. The van der Waals surface area contributed by atoms with E-state index < -0.39 is 0 Å². The summed E-state index contributed by atoms with van der Waals surface area (Å²) < 4.78 is 5.85. The molecule has 1 N–H and O–H groups in total. The summed E-state index contributed by atoms with van der Waals surface area (Å²) in [6.45, 7) is 3.86. The zero-order valence-corrected chi connectivity index (χ0v) is 19.0. The van der Waals surface area contributed by atoms with E-state index in [9.17, 15) is 0 Å². The molecule has 3 aromatic rings. The molecule has 8 nitrogen and oxygen atoms in total. The summed E-state index contributed by atoms with van der Waals surface area (Å²) in [5.74, 6) is 3.01. The quantitative estimate of drug-likeness (QED) is 0.396. The Labute approximate surface area is 196 Å². The van der Waals surface area contributed by atoms with Crippen LogP contribution in [0.1, 0.15) is 31.4 Å². The molecule has 5 rings (SSSR count). The minimum Gasteiger partial charge on any atom is -0.455 e. The Morgan fingerprint density at radius 1 is 0.875 bits per heavy atom. The molecule has 0 saturated carbocycles. The Hall–Kier alpha value is -2.84. The van der Waals surface area contributed by atoms with Crippen molar-refractivity contribution in [3.63, 3.8) is 0 Å². The number of aromatic nitrogens is 3. The molecule has 2 aliphatic rings. The number of anilines is 3. The fourth-order valence-electron chi connectivity index (χ4n) is 3.94. The van der Waals surface area contributed by atoms with E-state index in [2.05, 4.69) is 30.3 Å². The molecule has 0 bridgehead atoms. The third-order valence-electron chi connectivity index (χ3n) is 5.59. The average Bonchev–Trinajstić information content (AvgIpc) is 3.58. The largest absolute Gasteiger partial charge is 0.455 e. The number of hydrogen-bond acceptors (Lipinski definition) is 8. The SMILES string of the molecule is Clc1cccc(-c2ccc(C=NNc3nc(N4CCCC4)nc(N4CCCC4)n3)o2)c1Cl. The Morgan fingerprint density at radius 2 is 1.53 bits per heavy atom. The van der Waals surface area contributed by atoms with E-state index >= 15 is 0 Å². The number of furan rings is 1.